The molecule has 0 bridgehead atoms. The van der Waals surface area contributed by atoms with Crippen molar-refractivity contribution >= 4 is 34.7 Å². The first-order valence-electron chi connectivity index (χ1n) is 10.3. The molecule has 0 radical (unpaired) electrons. The predicted molar refractivity (Wildman–Crippen MR) is 120 cm³/mol. The van der Waals surface area contributed by atoms with Crippen LogP contribution >= 0.6 is 0 Å². The molecule has 0 spiro atoms. The van der Waals surface area contributed by atoms with Gasteiger partial charge in [0, 0.05) is 37.5 Å². The van der Waals surface area contributed by atoms with E-state index in [0.717, 1.165) is 24.9 Å². The molecule has 0 fully saturated rings. The Bertz CT molecular complexity index is 1090. The van der Waals surface area contributed by atoms with Gasteiger partial charge in [-0.15, -0.1) is 0 Å². The number of nitrogens with zero attached hydrogens (tertiary/aromatic N) is 2. The van der Waals surface area contributed by atoms with Gasteiger partial charge in [-0.1, -0.05) is 18.6 Å². The van der Waals surface area contributed by atoms with E-state index in [1.54, 1.807) is 28.7 Å². The third-order valence-corrected chi connectivity index (χ3v) is 4.75. The molecule has 2 aromatic heterocycles. The van der Waals surface area contributed by atoms with Crippen molar-refractivity contribution in [3.63, 3.8) is 0 Å². The summed E-state index contributed by atoms with van der Waals surface area (Å²) in [6, 6.07) is 12.7. The van der Waals surface area contributed by atoms with Gasteiger partial charge in [0.25, 0.3) is 5.91 Å². The monoisotopic (exact) mass is 421 g/mol. The minimum atomic E-state index is -0.160. The van der Waals surface area contributed by atoms with Crippen molar-refractivity contribution in [3.8, 4) is 0 Å². The minimum Gasteiger partial charge on any atom is -0.351 e. The number of aromatic nitrogens is 2. The average Bonchev–Trinajstić information content (AvgIpc) is 3.06. The van der Waals surface area contributed by atoms with Crippen molar-refractivity contribution in [2.45, 2.75) is 39.5 Å². The summed E-state index contributed by atoms with van der Waals surface area (Å²) < 4.78 is 1.79. The van der Waals surface area contributed by atoms with Crippen LogP contribution in [-0.4, -0.2) is 33.7 Å². The third kappa shape index (κ3) is 6.15. The standard InChI is InChI=1S/C23H27N5O3/c1-16-22(28-14-7-5-11-20(28)25-16)23(31)24-13-6-3-4-12-21(30)27-19-10-8-9-18(15-19)26-17(2)29/h5,7-11,14-15H,3-4,6,12-13H2,1-2H3,(H,24,31)(H,26,29)(H,27,30). The van der Waals surface area contributed by atoms with Crippen molar-refractivity contribution < 1.29 is 14.4 Å². The SMILES string of the molecule is CC(=O)Nc1cccc(NC(=O)CCCCCNC(=O)c2c(C)nc3ccccn23)c1. The van der Waals surface area contributed by atoms with E-state index in [9.17, 15) is 14.4 Å². The van der Waals surface area contributed by atoms with Gasteiger partial charge in [0.1, 0.15) is 11.3 Å². The third-order valence-electron chi connectivity index (χ3n) is 4.75. The summed E-state index contributed by atoms with van der Waals surface area (Å²) in [5.41, 5.74) is 3.28. The Morgan fingerprint density at radius 3 is 2.52 bits per heavy atom. The van der Waals surface area contributed by atoms with E-state index < -0.39 is 0 Å². The van der Waals surface area contributed by atoms with Crippen LogP contribution in [-0.2, 0) is 9.59 Å². The number of carbonyl (C=O) groups is 3. The summed E-state index contributed by atoms with van der Waals surface area (Å²) in [6.45, 7) is 3.80. The summed E-state index contributed by atoms with van der Waals surface area (Å²) in [4.78, 5) is 40.2. The molecule has 3 amide bonds. The first kappa shape index (κ1) is 22.0. The molecule has 0 aliphatic rings. The number of carbonyl (C=O) groups excluding carboxylic acids is 3. The Labute approximate surface area is 181 Å². The first-order valence-corrected chi connectivity index (χ1v) is 10.3. The second-order valence-electron chi connectivity index (χ2n) is 7.35. The Morgan fingerprint density at radius 1 is 0.968 bits per heavy atom. The molecule has 0 aliphatic heterocycles. The van der Waals surface area contributed by atoms with Crippen molar-refractivity contribution in [2.24, 2.45) is 0 Å². The molecule has 0 saturated heterocycles. The molecule has 3 rings (SSSR count). The van der Waals surface area contributed by atoms with E-state index in [1.807, 2.05) is 31.3 Å². The number of unbranched alkanes of at least 4 members (excludes halogenated alkanes) is 2. The van der Waals surface area contributed by atoms with Crippen LogP contribution in [0.4, 0.5) is 11.4 Å². The number of nitrogens with one attached hydrogen (secondary N) is 3. The number of amides is 3. The highest BCUT2D eigenvalue weighted by Gasteiger charge is 2.15. The molecule has 31 heavy (non-hydrogen) atoms. The van der Waals surface area contributed by atoms with Crippen molar-refractivity contribution in [2.75, 3.05) is 17.2 Å². The zero-order valence-electron chi connectivity index (χ0n) is 17.8. The van der Waals surface area contributed by atoms with Crippen LogP contribution in [0.15, 0.2) is 48.7 Å². The second kappa shape index (κ2) is 10.4. The fourth-order valence-corrected chi connectivity index (χ4v) is 3.36. The van der Waals surface area contributed by atoms with Crippen LogP contribution in [0, 0.1) is 6.92 Å². The van der Waals surface area contributed by atoms with E-state index >= 15 is 0 Å². The van der Waals surface area contributed by atoms with Gasteiger partial charge in [0.05, 0.1) is 5.69 Å². The predicted octanol–water partition coefficient (Wildman–Crippen LogP) is 3.53. The number of hydrogen-bond donors (Lipinski definition) is 3. The van der Waals surface area contributed by atoms with Crippen molar-refractivity contribution in [1.29, 1.82) is 0 Å². The smallest absolute Gasteiger partial charge is 0.270 e. The minimum absolute atomic E-state index is 0.0784. The van der Waals surface area contributed by atoms with E-state index in [4.69, 9.17) is 0 Å². The van der Waals surface area contributed by atoms with Crippen LogP contribution < -0.4 is 16.0 Å². The Morgan fingerprint density at radius 2 is 1.74 bits per heavy atom. The van der Waals surface area contributed by atoms with Gasteiger partial charge in [-0.3, -0.25) is 18.8 Å². The van der Waals surface area contributed by atoms with Gasteiger partial charge in [-0.25, -0.2) is 4.98 Å². The van der Waals surface area contributed by atoms with Gasteiger partial charge >= 0.3 is 0 Å². The molecule has 3 aromatic rings. The molecule has 0 aliphatic carbocycles. The fraction of sp³-hybridized carbons (Fsp3) is 0.304. The number of benzene rings is 1. The van der Waals surface area contributed by atoms with Crippen LogP contribution in [0.2, 0.25) is 0 Å². The topological polar surface area (TPSA) is 105 Å². The summed E-state index contributed by atoms with van der Waals surface area (Å²) in [7, 11) is 0. The Hall–Kier alpha value is -3.68. The van der Waals surface area contributed by atoms with E-state index in [-0.39, 0.29) is 17.7 Å². The fourth-order valence-electron chi connectivity index (χ4n) is 3.36. The summed E-state index contributed by atoms with van der Waals surface area (Å²) in [5.74, 6) is -0.384. The lowest BCUT2D eigenvalue weighted by Gasteiger charge is -2.08. The van der Waals surface area contributed by atoms with Crippen LogP contribution in [0.1, 0.15) is 48.8 Å². The van der Waals surface area contributed by atoms with Gasteiger partial charge < -0.3 is 16.0 Å². The van der Waals surface area contributed by atoms with Gasteiger partial charge in [0.2, 0.25) is 11.8 Å². The normalized spacial score (nSPS) is 10.6. The van der Waals surface area contributed by atoms with Crippen molar-refractivity contribution in [1.82, 2.24) is 14.7 Å². The van der Waals surface area contributed by atoms with E-state index in [0.29, 0.717) is 35.7 Å². The zero-order chi connectivity index (χ0) is 22.2. The highest BCUT2D eigenvalue weighted by Crippen LogP contribution is 2.16. The molecule has 0 atom stereocenters. The van der Waals surface area contributed by atoms with E-state index in [2.05, 4.69) is 20.9 Å². The molecule has 1 aromatic carbocycles. The van der Waals surface area contributed by atoms with Crippen molar-refractivity contribution in [3.05, 3.63) is 60.0 Å². The molecule has 0 saturated carbocycles. The average molecular weight is 422 g/mol. The number of hydrogen-bond acceptors (Lipinski definition) is 4. The van der Waals surface area contributed by atoms with Gasteiger partial charge in [-0.2, -0.15) is 0 Å². The van der Waals surface area contributed by atoms with Crippen LogP contribution in [0.25, 0.3) is 5.65 Å². The lowest BCUT2D eigenvalue weighted by atomic mass is 10.2. The molecular formula is C23H27N5O3. The molecule has 0 unspecified atom stereocenters. The number of fused-ring (bicyclic) bond motifs is 1. The Kier molecular flexibility index (Phi) is 7.37. The summed E-state index contributed by atoms with van der Waals surface area (Å²) in [6.07, 6.45) is 4.56. The number of aryl methyl sites for hydroxylation is 1. The quantitative estimate of drug-likeness (QED) is 0.460. The second-order valence-corrected chi connectivity index (χ2v) is 7.35. The number of rotatable bonds is 9. The number of imidazole rings is 1. The molecule has 2 heterocycles. The maximum Gasteiger partial charge on any atom is 0.270 e. The van der Waals surface area contributed by atoms with E-state index in [1.165, 1.54) is 6.92 Å². The first-order chi connectivity index (χ1) is 14.9. The number of anilines is 2. The molecule has 162 valence electrons. The van der Waals surface area contributed by atoms with Crippen LogP contribution in [0.3, 0.4) is 0 Å². The summed E-state index contributed by atoms with van der Waals surface area (Å²) >= 11 is 0. The molecular weight excluding hydrogens is 394 g/mol. The number of pyridine rings is 1. The molecule has 8 heteroatoms. The Balaban J connectivity index is 1.36. The highest BCUT2D eigenvalue weighted by molar-refractivity contribution is 5.95. The zero-order valence-corrected chi connectivity index (χ0v) is 17.8. The largest absolute Gasteiger partial charge is 0.351 e. The highest BCUT2D eigenvalue weighted by atomic mass is 16.2. The molecule has 3 N–H and O–H groups in total. The van der Waals surface area contributed by atoms with Crippen LogP contribution in [0.5, 0.6) is 0 Å². The lowest BCUT2D eigenvalue weighted by Crippen LogP contribution is -2.26. The lowest BCUT2D eigenvalue weighted by molar-refractivity contribution is -0.116. The molecule has 8 nitrogen and oxygen atoms in total. The summed E-state index contributed by atoms with van der Waals surface area (Å²) in [5, 5.41) is 8.46. The maximum absolute atomic E-state index is 12.5. The van der Waals surface area contributed by atoms with Gasteiger partial charge in [0.15, 0.2) is 0 Å². The van der Waals surface area contributed by atoms with Gasteiger partial charge in [-0.05, 0) is 50.1 Å². The maximum atomic E-state index is 12.5.